The second-order valence-electron chi connectivity index (χ2n) is 14.9. The third-order valence-corrected chi connectivity index (χ3v) is 9.98. The van der Waals surface area contributed by atoms with Gasteiger partial charge in [-0.25, -0.2) is 0 Å². The van der Waals surface area contributed by atoms with Crippen LogP contribution in [0.3, 0.4) is 0 Å². The number of amides is 3. The molecule has 5 atom stereocenters. The van der Waals surface area contributed by atoms with Crippen LogP contribution in [0.5, 0.6) is 0 Å². The molecule has 0 bridgehead atoms. The molecule has 11 heteroatoms. The van der Waals surface area contributed by atoms with E-state index >= 15 is 0 Å². The number of primary amides is 1. The molecular formula is C41H72Br2N6O3. The highest BCUT2D eigenvalue weighted by Gasteiger charge is 2.42. The zero-order chi connectivity index (χ0) is 40.6. The van der Waals surface area contributed by atoms with E-state index in [9.17, 15) is 9.59 Å². The number of nitrogens with zero attached hydrogens (tertiary/aromatic N) is 1. The highest BCUT2D eigenvalue weighted by atomic mass is 79.9. The Labute approximate surface area is 333 Å². The Morgan fingerprint density at radius 1 is 1.04 bits per heavy atom. The van der Waals surface area contributed by atoms with Crippen molar-refractivity contribution in [2.45, 2.75) is 129 Å². The van der Waals surface area contributed by atoms with E-state index in [0.29, 0.717) is 42.2 Å². The van der Waals surface area contributed by atoms with E-state index in [1.807, 2.05) is 51.1 Å². The van der Waals surface area contributed by atoms with Crippen molar-refractivity contribution in [3.8, 4) is 0 Å². The number of nitrogens with one attached hydrogen (secondary N) is 2. The fraction of sp³-hybridized carbons (Fsp3) is 0.634. The van der Waals surface area contributed by atoms with Gasteiger partial charge in [0.1, 0.15) is 6.04 Å². The summed E-state index contributed by atoms with van der Waals surface area (Å²) in [5.74, 6) is 1.83. The minimum atomic E-state index is -0.245. The molecule has 298 valence electrons. The number of carbonyl (C=O) groups excluding carboxylic acids is 3. The van der Waals surface area contributed by atoms with Crippen molar-refractivity contribution in [2.75, 3.05) is 6.54 Å². The van der Waals surface area contributed by atoms with E-state index in [2.05, 4.69) is 113 Å². The van der Waals surface area contributed by atoms with Crippen molar-refractivity contribution in [3.05, 3.63) is 73.2 Å². The maximum absolute atomic E-state index is 13.9. The Kier molecular flexibility index (Phi) is 27.4. The molecule has 52 heavy (non-hydrogen) atoms. The highest BCUT2D eigenvalue weighted by Crippen LogP contribution is 2.41. The lowest BCUT2D eigenvalue weighted by Gasteiger charge is -2.37. The summed E-state index contributed by atoms with van der Waals surface area (Å²) in [6.45, 7) is 31.0. The highest BCUT2D eigenvalue weighted by molar-refractivity contribution is 9.24. The van der Waals surface area contributed by atoms with Crippen LogP contribution in [0.25, 0.3) is 0 Å². The van der Waals surface area contributed by atoms with Crippen molar-refractivity contribution in [1.82, 2.24) is 15.5 Å². The third kappa shape index (κ3) is 23.0. The second kappa shape index (κ2) is 27.8. The first-order valence-corrected chi connectivity index (χ1v) is 20.4. The van der Waals surface area contributed by atoms with Gasteiger partial charge >= 0.3 is 0 Å². The van der Waals surface area contributed by atoms with Gasteiger partial charge in [-0.15, -0.1) is 0 Å². The van der Waals surface area contributed by atoms with Gasteiger partial charge in [-0.2, -0.15) is 0 Å². The molecule has 3 amide bonds. The number of hydrogen-bond acceptors (Lipinski definition) is 6. The lowest BCUT2D eigenvalue weighted by Crippen LogP contribution is -2.48. The summed E-state index contributed by atoms with van der Waals surface area (Å²) in [6, 6.07) is 9.75. The van der Waals surface area contributed by atoms with Gasteiger partial charge in [0.15, 0.2) is 0 Å². The first-order valence-electron chi connectivity index (χ1n) is 18.6. The molecule has 2 fully saturated rings. The molecule has 1 aliphatic carbocycles. The van der Waals surface area contributed by atoms with Crippen LogP contribution in [0.4, 0.5) is 0 Å². The molecule has 9 nitrogen and oxygen atoms in total. The predicted octanol–water partition coefficient (Wildman–Crippen LogP) is 8.65. The molecule has 0 spiro atoms. The first-order chi connectivity index (χ1) is 24.3. The molecule has 2 aliphatic rings. The summed E-state index contributed by atoms with van der Waals surface area (Å²) < 4.78 is 0.144. The number of likely N-dealkylation sites (tertiary alicyclic amines) is 1. The number of allylic oxidation sites excluding steroid dienone is 2. The first kappa shape index (κ1) is 51.3. The number of hydrogen-bond donors (Lipinski definition) is 5. The van der Waals surface area contributed by atoms with Gasteiger partial charge in [0.05, 0.1) is 9.78 Å². The Bertz CT molecular complexity index is 1170. The lowest BCUT2D eigenvalue weighted by molar-refractivity contribution is -0.127. The van der Waals surface area contributed by atoms with Gasteiger partial charge in [0.2, 0.25) is 18.2 Å². The predicted molar refractivity (Wildman–Crippen MR) is 228 cm³/mol. The molecule has 1 saturated carbocycles. The second-order valence-corrected chi connectivity index (χ2v) is 18.1. The fourth-order valence-electron chi connectivity index (χ4n) is 5.97. The van der Waals surface area contributed by atoms with Gasteiger partial charge in [0, 0.05) is 36.5 Å². The summed E-state index contributed by atoms with van der Waals surface area (Å²) in [7, 11) is 0. The topological polar surface area (TPSA) is 157 Å². The summed E-state index contributed by atoms with van der Waals surface area (Å²) in [4.78, 5) is 37.6. The minimum Gasteiger partial charge on any atom is -0.405 e. The van der Waals surface area contributed by atoms with E-state index < -0.39 is 0 Å². The van der Waals surface area contributed by atoms with E-state index in [4.69, 9.17) is 10.5 Å². The molecule has 1 heterocycles. The van der Waals surface area contributed by atoms with Gasteiger partial charge in [-0.3, -0.25) is 14.4 Å². The van der Waals surface area contributed by atoms with Crippen molar-refractivity contribution < 1.29 is 14.4 Å². The molecule has 0 aromatic heterocycles. The van der Waals surface area contributed by atoms with Gasteiger partial charge in [-0.1, -0.05) is 143 Å². The van der Waals surface area contributed by atoms with Crippen molar-refractivity contribution in [1.29, 1.82) is 0 Å². The monoisotopic (exact) mass is 854 g/mol. The molecule has 1 aromatic carbocycles. The lowest BCUT2D eigenvalue weighted by atomic mass is 9.78. The Hall–Kier alpha value is -2.79. The Morgan fingerprint density at radius 3 is 1.96 bits per heavy atom. The third-order valence-electron chi connectivity index (χ3n) is 8.48. The molecule has 1 saturated heterocycles. The summed E-state index contributed by atoms with van der Waals surface area (Å²) in [5.41, 5.74) is 16.7. The number of nitrogens with two attached hydrogens (primary N) is 3. The maximum Gasteiger partial charge on any atom is 0.242 e. The van der Waals surface area contributed by atoms with E-state index in [0.717, 1.165) is 37.1 Å². The van der Waals surface area contributed by atoms with Crippen LogP contribution < -0.4 is 27.8 Å². The number of carbonyl (C=O) groups is 3. The number of benzene rings is 1. The molecular weight excluding hydrogens is 784 g/mol. The van der Waals surface area contributed by atoms with Crippen LogP contribution in [0.1, 0.15) is 119 Å². The van der Waals surface area contributed by atoms with Crippen LogP contribution in [-0.4, -0.2) is 45.5 Å². The van der Waals surface area contributed by atoms with Gasteiger partial charge < -0.3 is 32.7 Å². The van der Waals surface area contributed by atoms with Crippen molar-refractivity contribution in [2.24, 2.45) is 46.3 Å². The summed E-state index contributed by atoms with van der Waals surface area (Å²) >= 11 is 7.44. The summed E-state index contributed by atoms with van der Waals surface area (Å²) in [6.07, 6.45) is 7.76. The quantitative estimate of drug-likeness (QED) is 0.0932. The van der Waals surface area contributed by atoms with Crippen LogP contribution in [0.15, 0.2) is 67.7 Å². The van der Waals surface area contributed by atoms with E-state index in [-0.39, 0.29) is 45.5 Å². The number of alkyl halides is 2. The Balaban J connectivity index is 0. The summed E-state index contributed by atoms with van der Waals surface area (Å²) in [5, 5.41) is 6.53. The SMILES string of the molecule is C=C(C(CC(C)(C)C)C(C)C)N1C[C@H](C(Br)Br)CC1C(=O)NC(CCC(=O)NC(C)c1ccccc1)CC1CC1.C=C(C)N.C=CN.CC.NC=O. The number of rotatable bonds is 14. The largest absolute Gasteiger partial charge is 0.405 e. The zero-order valence-electron chi connectivity index (χ0n) is 33.6. The minimum absolute atomic E-state index is 0.00570. The zero-order valence-corrected chi connectivity index (χ0v) is 36.8. The molecule has 1 aromatic rings. The molecule has 1 aliphatic heterocycles. The van der Waals surface area contributed by atoms with Crippen molar-refractivity contribution >= 4 is 50.1 Å². The van der Waals surface area contributed by atoms with Crippen LogP contribution in [0.2, 0.25) is 0 Å². The number of halogens is 2. The smallest absolute Gasteiger partial charge is 0.242 e. The molecule has 0 radical (unpaired) electrons. The molecule has 8 N–H and O–H groups in total. The average molecular weight is 857 g/mol. The maximum atomic E-state index is 13.9. The molecule has 3 rings (SSSR count). The van der Waals surface area contributed by atoms with Crippen LogP contribution in [0, 0.1) is 29.1 Å². The van der Waals surface area contributed by atoms with Crippen LogP contribution in [-0.2, 0) is 14.4 Å². The fourth-order valence-corrected chi connectivity index (χ4v) is 6.74. The normalized spacial score (nSPS) is 17.8. The van der Waals surface area contributed by atoms with Crippen LogP contribution >= 0.6 is 31.9 Å². The standard InChI is InChI=1S/C33H51Br2N3O2.C3H7N.C2H5N.C2H6.CH3NO/c1-21(2)28(19-33(5,6)7)23(4)38-20-26(31(34)35)18-29(38)32(40)37-27(17-24-13-14-24)15-16-30(39)36-22(3)25-11-9-8-10-12-25;1-3(2)4;1-2-3;1-2;2-1-3/h8-12,21-22,24,26-29,31H,4,13-20H2,1-3,5-7H3,(H,36,39)(H,37,40);1,4H2,2H3;2H,1,3H2;1-2H3;1H,(H2,2,3)/t22?,26-,27?,28?,29?;;;;/m1..../s1. The van der Waals surface area contributed by atoms with Crippen molar-refractivity contribution in [3.63, 3.8) is 0 Å². The van der Waals surface area contributed by atoms with Gasteiger partial charge in [0.25, 0.3) is 0 Å². The average Bonchev–Trinajstić information content (AvgIpc) is 3.76. The molecule has 4 unspecified atom stereocenters. The van der Waals surface area contributed by atoms with Gasteiger partial charge in [-0.05, 0) is 74.2 Å². The van der Waals surface area contributed by atoms with E-state index in [1.165, 1.54) is 19.0 Å². The Morgan fingerprint density at radius 2 is 1.54 bits per heavy atom. The van der Waals surface area contributed by atoms with E-state index in [1.54, 1.807) is 6.92 Å².